The van der Waals surface area contributed by atoms with Crippen LogP contribution in [-0.2, 0) is 6.54 Å². The molecule has 0 amide bonds. The molecular weight excluding hydrogens is 266 g/mol. The van der Waals surface area contributed by atoms with Crippen molar-refractivity contribution in [1.82, 2.24) is 4.90 Å². The van der Waals surface area contributed by atoms with Crippen LogP contribution < -0.4 is 9.47 Å². The van der Waals surface area contributed by atoms with E-state index in [4.69, 9.17) is 9.47 Å². The summed E-state index contributed by atoms with van der Waals surface area (Å²) in [7, 11) is 0. The molecule has 1 atom stereocenters. The van der Waals surface area contributed by atoms with Gasteiger partial charge in [-0.05, 0) is 44.3 Å². The second-order valence-electron chi connectivity index (χ2n) is 6.20. The van der Waals surface area contributed by atoms with Gasteiger partial charge < -0.3 is 14.6 Å². The fourth-order valence-corrected chi connectivity index (χ4v) is 3.42. The van der Waals surface area contributed by atoms with Crippen LogP contribution in [0.15, 0.2) is 12.1 Å². The molecule has 21 heavy (non-hydrogen) atoms. The van der Waals surface area contributed by atoms with Crippen LogP contribution in [0.5, 0.6) is 17.2 Å². The number of likely N-dealkylation sites (tertiary alicyclic amines) is 1. The number of aromatic hydroxyl groups is 1. The molecule has 1 fully saturated rings. The Labute approximate surface area is 126 Å². The molecule has 2 aliphatic rings. The van der Waals surface area contributed by atoms with E-state index in [2.05, 4.69) is 11.8 Å². The number of benzene rings is 1. The molecule has 3 rings (SSSR count). The number of hydrogen-bond donors (Lipinski definition) is 1. The molecule has 1 N–H and O–H groups in total. The molecule has 1 saturated heterocycles. The van der Waals surface area contributed by atoms with Crippen molar-refractivity contribution in [2.45, 2.75) is 45.6 Å². The molecule has 2 aliphatic heterocycles. The fourth-order valence-electron chi connectivity index (χ4n) is 3.42. The Morgan fingerprint density at radius 3 is 2.81 bits per heavy atom. The molecule has 0 bridgehead atoms. The van der Waals surface area contributed by atoms with Crippen LogP contribution in [0.2, 0.25) is 0 Å². The predicted octanol–water partition coefficient (Wildman–Crippen LogP) is 3.52. The van der Waals surface area contributed by atoms with Crippen LogP contribution in [0.4, 0.5) is 0 Å². The maximum atomic E-state index is 10.1. The molecule has 1 aromatic rings. The van der Waals surface area contributed by atoms with Crippen molar-refractivity contribution in [3.8, 4) is 17.2 Å². The van der Waals surface area contributed by atoms with Crippen molar-refractivity contribution in [1.29, 1.82) is 0 Å². The number of phenols is 1. The Balaban J connectivity index is 1.64. The van der Waals surface area contributed by atoms with Crippen molar-refractivity contribution >= 4 is 0 Å². The summed E-state index contributed by atoms with van der Waals surface area (Å²) in [5.41, 5.74) is 0.938. The molecule has 1 aromatic carbocycles. The van der Waals surface area contributed by atoms with Gasteiger partial charge in [-0.1, -0.05) is 19.8 Å². The highest BCUT2D eigenvalue weighted by Crippen LogP contribution is 2.38. The highest BCUT2D eigenvalue weighted by atomic mass is 16.7. The van der Waals surface area contributed by atoms with Crippen molar-refractivity contribution in [3.63, 3.8) is 0 Å². The second-order valence-corrected chi connectivity index (χ2v) is 6.20. The summed E-state index contributed by atoms with van der Waals surface area (Å²) in [5.74, 6) is 2.59. The van der Waals surface area contributed by atoms with Gasteiger partial charge in [-0.15, -0.1) is 0 Å². The Hall–Kier alpha value is -1.42. The maximum Gasteiger partial charge on any atom is 0.231 e. The first kappa shape index (κ1) is 14.5. The van der Waals surface area contributed by atoms with E-state index in [-0.39, 0.29) is 6.79 Å². The van der Waals surface area contributed by atoms with Gasteiger partial charge in [-0.25, -0.2) is 0 Å². The monoisotopic (exact) mass is 291 g/mol. The van der Waals surface area contributed by atoms with Crippen LogP contribution >= 0.6 is 0 Å². The van der Waals surface area contributed by atoms with Gasteiger partial charge in [-0.2, -0.15) is 0 Å². The van der Waals surface area contributed by atoms with Gasteiger partial charge in [-0.3, -0.25) is 4.90 Å². The summed E-state index contributed by atoms with van der Waals surface area (Å²) in [6.45, 7) is 5.56. The molecule has 0 aromatic heterocycles. The average molecular weight is 291 g/mol. The van der Waals surface area contributed by atoms with Crippen molar-refractivity contribution < 1.29 is 14.6 Å². The summed E-state index contributed by atoms with van der Waals surface area (Å²) in [5, 5.41) is 10.1. The van der Waals surface area contributed by atoms with Gasteiger partial charge in [0, 0.05) is 18.2 Å². The van der Waals surface area contributed by atoms with Crippen LogP contribution in [-0.4, -0.2) is 29.9 Å². The lowest BCUT2D eigenvalue weighted by Crippen LogP contribution is -2.24. The smallest absolute Gasteiger partial charge is 0.231 e. The van der Waals surface area contributed by atoms with E-state index in [1.807, 2.05) is 6.07 Å². The van der Waals surface area contributed by atoms with Crippen LogP contribution in [0.1, 0.15) is 44.6 Å². The molecule has 0 saturated carbocycles. The zero-order chi connectivity index (χ0) is 14.7. The molecule has 0 spiro atoms. The first-order valence-electron chi connectivity index (χ1n) is 8.10. The molecule has 4 nitrogen and oxygen atoms in total. The third-order valence-corrected chi connectivity index (χ3v) is 4.61. The average Bonchev–Trinajstić information content (AvgIpc) is 2.79. The molecule has 0 aliphatic carbocycles. The third-order valence-electron chi connectivity index (χ3n) is 4.61. The number of nitrogens with zero attached hydrogens (tertiary/aromatic N) is 1. The topological polar surface area (TPSA) is 41.9 Å². The Morgan fingerprint density at radius 2 is 2.00 bits per heavy atom. The van der Waals surface area contributed by atoms with E-state index in [0.717, 1.165) is 36.9 Å². The van der Waals surface area contributed by atoms with Crippen LogP contribution in [0, 0.1) is 5.92 Å². The number of ether oxygens (including phenoxy) is 2. The van der Waals surface area contributed by atoms with Gasteiger partial charge in [0.2, 0.25) is 6.79 Å². The summed E-state index contributed by atoms with van der Waals surface area (Å²) in [4.78, 5) is 2.45. The summed E-state index contributed by atoms with van der Waals surface area (Å²) >= 11 is 0. The molecular formula is C17H25NO3. The van der Waals surface area contributed by atoms with Crippen LogP contribution in [0.3, 0.4) is 0 Å². The minimum atomic E-state index is 0.251. The number of phenolic OH excluding ortho intramolecular Hbond substituents is 1. The first-order chi connectivity index (χ1) is 10.3. The van der Waals surface area contributed by atoms with E-state index in [1.165, 1.54) is 32.1 Å². The lowest BCUT2D eigenvalue weighted by Gasteiger charge is -2.21. The Kier molecular flexibility index (Phi) is 4.54. The van der Waals surface area contributed by atoms with Gasteiger partial charge in [0.1, 0.15) is 5.75 Å². The van der Waals surface area contributed by atoms with E-state index in [9.17, 15) is 5.11 Å². The summed E-state index contributed by atoms with van der Waals surface area (Å²) in [6.07, 6.45) is 6.52. The zero-order valence-electron chi connectivity index (χ0n) is 12.8. The van der Waals surface area contributed by atoms with Gasteiger partial charge in [0.25, 0.3) is 0 Å². The molecule has 4 heteroatoms. The summed E-state index contributed by atoms with van der Waals surface area (Å²) < 4.78 is 10.7. The highest BCUT2D eigenvalue weighted by Gasteiger charge is 2.20. The lowest BCUT2D eigenvalue weighted by atomic mass is 9.96. The highest BCUT2D eigenvalue weighted by molar-refractivity contribution is 5.51. The molecule has 2 heterocycles. The second kappa shape index (κ2) is 6.56. The minimum Gasteiger partial charge on any atom is -0.507 e. The predicted molar refractivity (Wildman–Crippen MR) is 81.8 cm³/mol. The number of fused-ring (bicyclic) bond motifs is 1. The Morgan fingerprint density at radius 1 is 1.19 bits per heavy atom. The summed E-state index contributed by atoms with van der Waals surface area (Å²) in [6, 6.07) is 3.60. The molecule has 0 radical (unpaired) electrons. The van der Waals surface area contributed by atoms with Crippen molar-refractivity contribution in [3.05, 3.63) is 17.7 Å². The van der Waals surface area contributed by atoms with Gasteiger partial charge >= 0.3 is 0 Å². The SMILES string of the molecule is CCCC1CCCN(Cc2cc3c(cc2O)OCO3)CC1. The maximum absolute atomic E-state index is 10.1. The van der Waals surface area contributed by atoms with E-state index in [0.29, 0.717) is 11.5 Å². The quantitative estimate of drug-likeness (QED) is 0.921. The van der Waals surface area contributed by atoms with E-state index >= 15 is 0 Å². The lowest BCUT2D eigenvalue weighted by molar-refractivity contribution is 0.174. The van der Waals surface area contributed by atoms with Crippen molar-refractivity contribution in [2.24, 2.45) is 5.92 Å². The van der Waals surface area contributed by atoms with Crippen molar-refractivity contribution in [2.75, 3.05) is 19.9 Å². The van der Waals surface area contributed by atoms with E-state index < -0.39 is 0 Å². The number of rotatable bonds is 4. The normalized spacial score (nSPS) is 22.2. The minimum absolute atomic E-state index is 0.251. The molecule has 1 unspecified atom stereocenters. The number of hydrogen-bond acceptors (Lipinski definition) is 4. The fraction of sp³-hybridized carbons (Fsp3) is 0.647. The standard InChI is InChI=1S/C17H25NO3/c1-2-4-13-5-3-7-18(8-6-13)11-14-9-16-17(10-15(14)19)21-12-20-16/h9-10,13,19H,2-8,11-12H2,1H3. The van der Waals surface area contributed by atoms with Crippen LogP contribution in [0.25, 0.3) is 0 Å². The molecule has 116 valence electrons. The van der Waals surface area contributed by atoms with E-state index in [1.54, 1.807) is 6.07 Å². The third kappa shape index (κ3) is 3.43. The Bertz CT molecular complexity index is 489. The zero-order valence-corrected chi connectivity index (χ0v) is 12.8. The first-order valence-corrected chi connectivity index (χ1v) is 8.10. The van der Waals surface area contributed by atoms with Gasteiger partial charge in [0.05, 0.1) is 0 Å². The largest absolute Gasteiger partial charge is 0.507 e. The van der Waals surface area contributed by atoms with Gasteiger partial charge in [0.15, 0.2) is 11.5 Å².